The molecule has 2 fully saturated rings. The van der Waals surface area contributed by atoms with Crippen LogP contribution in [-0.2, 0) is 0 Å². The quantitative estimate of drug-likeness (QED) is 0.558. The number of thioether (sulfide) groups is 1. The number of nitrogens with one attached hydrogen (secondary N) is 2. The normalized spacial score (nSPS) is 33.7. The Hall–Kier alpha value is -0.450. The van der Waals surface area contributed by atoms with Gasteiger partial charge in [-0.2, -0.15) is 11.8 Å². The van der Waals surface area contributed by atoms with Crippen LogP contribution < -0.4 is 10.6 Å². The summed E-state index contributed by atoms with van der Waals surface area (Å²) in [6, 6.07) is 0.584. The highest BCUT2D eigenvalue weighted by Gasteiger charge is 2.42. The maximum Gasteiger partial charge on any atom is 0.315 e. The molecule has 0 aliphatic carbocycles. The predicted octanol–water partition coefficient (Wildman–Crippen LogP) is 1.68. The lowest BCUT2D eigenvalue weighted by molar-refractivity contribution is 0.247. The van der Waals surface area contributed by atoms with Gasteiger partial charge in [-0.15, -0.1) is 0 Å². The summed E-state index contributed by atoms with van der Waals surface area (Å²) in [5.41, 5.74) is 0. The highest BCUT2D eigenvalue weighted by Crippen LogP contribution is 2.33. The lowest BCUT2D eigenvalue weighted by Gasteiger charge is -2.16. The zero-order chi connectivity index (χ0) is 10.7. The van der Waals surface area contributed by atoms with Crippen LogP contribution in [0.25, 0.3) is 0 Å². The molecule has 3 atom stereocenters. The van der Waals surface area contributed by atoms with Gasteiger partial charge < -0.3 is 10.6 Å². The van der Waals surface area contributed by atoms with Crippen LogP contribution in [0.4, 0.5) is 9.18 Å². The maximum absolute atomic E-state index is 11.9. The molecule has 2 saturated heterocycles. The van der Waals surface area contributed by atoms with E-state index >= 15 is 0 Å². The minimum Gasteiger partial charge on any atom is -0.332 e. The van der Waals surface area contributed by atoms with Gasteiger partial charge in [0, 0.05) is 11.0 Å². The molecule has 3 nitrogen and oxygen atoms in total. The first-order valence-corrected chi connectivity index (χ1v) is 6.61. The number of urea groups is 1. The van der Waals surface area contributed by atoms with E-state index < -0.39 is 0 Å². The molecule has 0 unspecified atom stereocenters. The van der Waals surface area contributed by atoms with Crippen LogP contribution in [0.2, 0.25) is 0 Å². The highest BCUT2D eigenvalue weighted by molar-refractivity contribution is 8.00. The van der Waals surface area contributed by atoms with Gasteiger partial charge in [-0.25, -0.2) is 4.79 Å². The number of alkyl halides is 1. The molecule has 0 aromatic heterocycles. The minimum absolute atomic E-state index is 0.0286. The second kappa shape index (κ2) is 5.05. The topological polar surface area (TPSA) is 41.1 Å². The Morgan fingerprint density at radius 3 is 3.00 bits per heavy atom. The standard InChI is InChI=1S/C10H17FN2OS/c11-5-3-1-2-4-8-9-7(6-15-8)12-10(14)13-9/h7-9H,1-6H2,(H2,12,13,14)/t7-,8-,9-/m0/s1/i11-1. The first kappa shape index (κ1) is 11.0. The van der Waals surface area contributed by atoms with Gasteiger partial charge in [-0.1, -0.05) is 12.8 Å². The van der Waals surface area contributed by atoms with Crippen molar-refractivity contribution in [1.82, 2.24) is 10.6 Å². The monoisotopic (exact) mass is 231 g/mol. The molecule has 0 aromatic carbocycles. The number of fused-ring (bicyclic) bond motifs is 1. The highest BCUT2D eigenvalue weighted by atomic mass is 32.2. The zero-order valence-electron chi connectivity index (χ0n) is 8.67. The Morgan fingerprint density at radius 2 is 2.20 bits per heavy atom. The Morgan fingerprint density at radius 1 is 1.33 bits per heavy atom. The molecule has 2 N–H and O–H groups in total. The second-order valence-electron chi connectivity index (χ2n) is 4.16. The van der Waals surface area contributed by atoms with Crippen molar-refractivity contribution in [2.45, 2.75) is 43.0 Å². The van der Waals surface area contributed by atoms with E-state index in [0.29, 0.717) is 23.8 Å². The molecule has 5 heteroatoms. The van der Waals surface area contributed by atoms with E-state index in [4.69, 9.17) is 0 Å². The third kappa shape index (κ3) is 2.56. The van der Waals surface area contributed by atoms with Crippen molar-refractivity contribution >= 4 is 17.8 Å². The Kier molecular flexibility index (Phi) is 3.72. The number of hydrogen-bond donors (Lipinski definition) is 2. The molecule has 0 saturated carbocycles. The average molecular weight is 231 g/mol. The second-order valence-corrected chi connectivity index (χ2v) is 5.43. The fraction of sp³-hybridized carbons (Fsp3) is 0.900. The lowest BCUT2D eigenvalue weighted by atomic mass is 10.0. The number of carbonyl (C=O) groups is 1. The van der Waals surface area contributed by atoms with Crippen LogP contribution in [0.3, 0.4) is 0 Å². The number of unbranched alkanes of at least 4 members (excludes halogenated alkanes) is 2. The van der Waals surface area contributed by atoms with Crippen molar-refractivity contribution in [2.75, 3.05) is 12.4 Å². The van der Waals surface area contributed by atoms with Gasteiger partial charge in [-0.3, -0.25) is 4.39 Å². The molecule has 15 heavy (non-hydrogen) atoms. The average Bonchev–Trinajstić information content (AvgIpc) is 2.73. The van der Waals surface area contributed by atoms with E-state index in [1.807, 2.05) is 11.8 Å². The van der Waals surface area contributed by atoms with Crippen molar-refractivity contribution in [1.29, 1.82) is 0 Å². The molecule has 0 bridgehead atoms. The van der Waals surface area contributed by atoms with Crippen LogP contribution in [0.15, 0.2) is 0 Å². The summed E-state index contributed by atoms with van der Waals surface area (Å²) in [5, 5.41) is 6.40. The molecule has 0 spiro atoms. The summed E-state index contributed by atoms with van der Waals surface area (Å²) in [4.78, 5) is 11.1. The number of amides is 2. The first-order valence-electron chi connectivity index (χ1n) is 5.56. The largest absolute Gasteiger partial charge is 0.332 e. The molecule has 2 heterocycles. The van der Waals surface area contributed by atoms with Crippen molar-refractivity contribution in [2.24, 2.45) is 0 Å². The fourth-order valence-corrected chi connectivity index (χ4v) is 3.80. The van der Waals surface area contributed by atoms with Crippen molar-refractivity contribution < 1.29 is 9.18 Å². The van der Waals surface area contributed by atoms with E-state index in [1.165, 1.54) is 0 Å². The molecule has 2 amide bonds. The van der Waals surface area contributed by atoms with Gasteiger partial charge in [0.05, 0.1) is 18.8 Å². The molecular weight excluding hydrogens is 214 g/mol. The summed E-state index contributed by atoms with van der Waals surface area (Å²) in [7, 11) is 0. The molecule has 0 aromatic rings. The molecular formula is C10H17FN2OS. The van der Waals surface area contributed by atoms with Crippen LogP contribution in [0.1, 0.15) is 25.7 Å². The Bertz CT molecular complexity index is 239. The van der Waals surface area contributed by atoms with Crippen molar-refractivity contribution in [3.05, 3.63) is 0 Å². The SMILES string of the molecule is O=C1N[C@H]2[C@H](CS[C@H]2CCCCC[18F])N1. The smallest absolute Gasteiger partial charge is 0.315 e. The van der Waals surface area contributed by atoms with Crippen LogP contribution in [0, 0.1) is 0 Å². The van der Waals surface area contributed by atoms with Crippen molar-refractivity contribution in [3.63, 3.8) is 0 Å². The van der Waals surface area contributed by atoms with Crippen LogP contribution >= 0.6 is 11.8 Å². The maximum atomic E-state index is 11.9. The third-order valence-electron chi connectivity index (χ3n) is 3.06. The first-order chi connectivity index (χ1) is 7.31. The fourth-order valence-electron chi connectivity index (χ4n) is 2.26. The van der Waals surface area contributed by atoms with Gasteiger partial charge in [0.2, 0.25) is 0 Å². The van der Waals surface area contributed by atoms with E-state index in [0.717, 1.165) is 25.0 Å². The van der Waals surface area contributed by atoms with Gasteiger partial charge >= 0.3 is 6.03 Å². The Labute approximate surface area is 93.6 Å². The van der Waals surface area contributed by atoms with Gasteiger partial charge in [0.15, 0.2) is 0 Å². The summed E-state index contributed by atoms with van der Waals surface area (Å²) >= 11 is 1.92. The molecule has 2 rings (SSSR count). The zero-order valence-corrected chi connectivity index (χ0v) is 9.49. The van der Waals surface area contributed by atoms with Crippen molar-refractivity contribution in [3.8, 4) is 0 Å². The van der Waals surface area contributed by atoms with Crippen LogP contribution in [0.5, 0.6) is 0 Å². The van der Waals surface area contributed by atoms with E-state index in [9.17, 15) is 9.18 Å². The van der Waals surface area contributed by atoms with E-state index in [2.05, 4.69) is 10.6 Å². The minimum atomic E-state index is -0.206. The summed E-state index contributed by atoms with van der Waals surface area (Å²) in [5.74, 6) is 1.01. The van der Waals surface area contributed by atoms with Gasteiger partial charge in [0.1, 0.15) is 0 Å². The number of hydrogen-bond acceptors (Lipinski definition) is 2. The lowest BCUT2D eigenvalue weighted by Crippen LogP contribution is -2.36. The number of rotatable bonds is 5. The summed E-state index contributed by atoms with van der Waals surface area (Å²) in [6.07, 6.45) is 3.80. The van der Waals surface area contributed by atoms with Gasteiger partial charge in [0.25, 0.3) is 0 Å². The van der Waals surface area contributed by atoms with Gasteiger partial charge in [-0.05, 0) is 12.8 Å². The molecule has 86 valence electrons. The number of halogens is 1. The molecule has 2 aliphatic heterocycles. The third-order valence-corrected chi connectivity index (χ3v) is 4.57. The summed E-state index contributed by atoms with van der Waals surface area (Å²) < 4.78 is 11.9. The predicted molar refractivity (Wildman–Crippen MR) is 59.9 cm³/mol. The van der Waals surface area contributed by atoms with Crippen LogP contribution in [-0.4, -0.2) is 35.8 Å². The summed E-state index contributed by atoms with van der Waals surface area (Å²) in [6.45, 7) is -0.206. The van der Waals surface area contributed by atoms with E-state index in [-0.39, 0.29) is 12.7 Å². The molecule has 0 radical (unpaired) electrons. The number of carbonyl (C=O) groups excluding carboxylic acids is 1. The molecule has 2 aliphatic rings. The Balaban J connectivity index is 1.72. The van der Waals surface area contributed by atoms with E-state index in [1.54, 1.807) is 0 Å².